The second-order valence-electron chi connectivity index (χ2n) is 4.57. The van der Waals surface area contributed by atoms with E-state index in [1.165, 1.54) is 0 Å². The number of aryl methyl sites for hydroxylation is 1. The fraction of sp³-hybridized carbons (Fsp3) is 0.385. The van der Waals surface area contributed by atoms with Crippen LogP contribution in [0.1, 0.15) is 24.0 Å². The Balaban J connectivity index is 2.43. The van der Waals surface area contributed by atoms with Gasteiger partial charge in [0.05, 0.1) is 4.90 Å². The molecule has 3 nitrogen and oxygen atoms in total. The van der Waals surface area contributed by atoms with Crippen molar-refractivity contribution >= 4 is 10.0 Å². The molecule has 1 aromatic rings. The molecule has 0 bridgehead atoms. The van der Waals surface area contributed by atoms with Crippen LogP contribution >= 0.6 is 0 Å². The van der Waals surface area contributed by atoms with Crippen molar-refractivity contribution in [3.63, 3.8) is 0 Å². The average Bonchev–Trinajstić information content (AvgIpc) is 2.27. The van der Waals surface area contributed by atoms with Crippen molar-refractivity contribution in [1.29, 1.82) is 0 Å². The quantitative estimate of drug-likeness (QED) is 0.835. The second kappa shape index (κ2) is 4.63. The van der Waals surface area contributed by atoms with Crippen molar-refractivity contribution in [3.05, 3.63) is 42.0 Å². The Morgan fingerprint density at radius 3 is 2.88 bits per heavy atom. The molecule has 2 rings (SSSR count). The molecule has 0 saturated carbocycles. The van der Waals surface area contributed by atoms with Crippen LogP contribution in [-0.2, 0) is 22.9 Å². The van der Waals surface area contributed by atoms with Crippen LogP contribution in [0, 0.1) is 5.92 Å². The number of sulfonamides is 1. The third-order valence-corrected chi connectivity index (χ3v) is 4.35. The standard InChI is InChI=1S/C13H17NO2S/c1-2-4-10-7-8-11-5-3-6-13(12(11)9-10)17(14,15)16/h2-3,5-6,10H,1,4,7-9H2,(H2,14,15,16). The number of rotatable bonds is 3. The van der Waals surface area contributed by atoms with E-state index in [9.17, 15) is 8.42 Å². The summed E-state index contributed by atoms with van der Waals surface area (Å²) in [5, 5.41) is 5.25. The van der Waals surface area contributed by atoms with Gasteiger partial charge in [-0.2, -0.15) is 0 Å². The summed E-state index contributed by atoms with van der Waals surface area (Å²) in [6, 6.07) is 5.37. The van der Waals surface area contributed by atoms with E-state index in [1.807, 2.05) is 12.1 Å². The molecule has 0 aromatic heterocycles. The van der Waals surface area contributed by atoms with Crippen molar-refractivity contribution in [2.45, 2.75) is 30.6 Å². The van der Waals surface area contributed by atoms with Gasteiger partial charge in [-0.25, -0.2) is 13.6 Å². The molecule has 1 atom stereocenters. The first-order valence-electron chi connectivity index (χ1n) is 5.77. The first-order valence-corrected chi connectivity index (χ1v) is 7.31. The molecule has 0 amide bonds. The fourth-order valence-electron chi connectivity index (χ4n) is 2.53. The van der Waals surface area contributed by atoms with Crippen molar-refractivity contribution in [1.82, 2.24) is 0 Å². The molecule has 0 fully saturated rings. The van der Waals surface area contributed by atoms with Gasteiger partial charge >= 0.3 is 0 Å². The van der Waals surface area contributed by atoms with Gasteiger partial charge in [0.2, 0.25) is 10.0 Å². The van der Waals surface area contributed by atoms with E-state index in [1.54, 1.807) is 12.1 Å². The lowest BCUT2D eigenvalue weighted by atomic mass is 9.82. The smallest absolute Gasteiger partial charge is 0.225 e. The van der Waals surface area contributed by atoms with Gasteiger partial charge in [-0.05, 0) is 48.8 Å². The van der Waals surface area contributed by atoms with E-state index in [2.05, 4.69) is 6.58 Å². The highest BCUT2D eigenvalue weighted by molar-refractivity contribution is 7.89. The minimum absolute atomic E-state index is 0.295. The molecule has 0 heterocycles. The third kappa shape index (κ3) is 2.58. The highest BCUT2D eigenvalue weighted by Gasteiger charge is 2.23. The Morgan fingerprint density at radius 1 is 1.47 bits per heavy atom. The van der Waals surface area contributed by atoms with Gasteiger partial charge in [-0.3, -0.25) is 0 Å². The Labute approximate surface area is 102 Å². The molecule has 0 saturated heterocycles. The SMILES string of the molecule is C=CCC1CCc2cccc(S(N)(=O)=O)c2C1. The number of nitrogens with two attached hydrogens (primary N) is 1. The van der Waals surface area contributed by atoms with Crippen LogP contribution in [0.5, 0.6) is 0 Å². The predicted octanol–water partition coefficient (Wildman–Crippen LogP) is 2.02. The van der Waals surface area contributed by atoms with E-state index < -0.39 is 10.0 Å². The van der Waals surface area contributed by atoms with Gasteiger partial charge in [0.15, 0.2) is 0 Å². The highest BCUT2D eigenvalue weighted by Crippen LogP contribution is 2.31. The van der Waals surface area contributed by atoms with E-state index in [4.69, 9.17) is 5.14 Å². The van der Waals surface area contributed by atoms with E-state index in [0.717, 1.165) is 36.8 Å². The second-order valence-corrected chi connectivity index (χ2v) is 6.10. The summed E-state index contributed by atoms with van der Waals surface area (Å²) in [7, 11) is -3.61. The molecular weight excluding hydrogens is 234 g/mol. The molecule has 17 heavy (non-hydrogen) atoms. The minimum Gasteiger partial charge on any atom is -0.225 e. The maximum absolute atomic E-state index is 11.5. The first-order chi connectivity index (χ1) is 8.02. The topological polar surface area (TPSA) is 60.2 Å². The molecule has 0 radical (unpaired) electrons. The van der Waals surface area contributed by atoms with Crippen molar-refractivity contribution in [2.24, 2.45) is 11.1 Å². The molecule has 0 spiro atoms. The number of allylic oxidation sites excluding steroid dienone is 1. The van der Waals surface area contributed by atoms with Crippen molar-refractivity contribution in [2.75, 3.05) is 0 Å². The zero-order valence-electron chi connectivity index (χ0n) is 9.72. The summed E-state index contributed by atoms with van der Waals surface area (Å²) in [4.78, 5) is 0.295. The van der Waals surface area contributed by atoms with Gasteiger partial charge in [0, 0.05) is 0 Å². The van der Waals surface area contributed by atoms with Gasteiger partial charge < -0.3 is 0 Å². The predicted molar refractivity (Wildman–Crippen MR) is 68.1 cm³/mol. The molecule has 0 aliphatic heterocycles. The third-order valence-electron chi connectivity index (χ3n) is 3.35. The Bertz CT molecular complexity index is 534. The number of benzene rings is 1. The first kappa shape index (κ1) is 12.3. The summed E-state index contributed by atoms with van der Waals surface area (Å²) in [6.07, 6.45) is 5.63. The number of fused-ring (bicyclic) bond motifs is 1. The molecule has 1 aliphatic carbocycles. The van der Waals surface area contributed by atoms with Crippen LogP contribution < -0.4 is 5.14 Å². The van der Waals surface area contributed by atoms with Crippen molar-refractivity contribution < 1.29 is 8.42 Å². The fourth-order valence-corrected chi connectivity index (χ4v) is 3.36. The van der Waals surface area contributed by atoms with Gasteiger partial charge in [-0.1, -0.05) is 18.2 Å². The Morgan fingerprint density at radius 2 is 2.24 bits per heavy atom. The largest absolute Gasteiger partial charge is 0.238 e. The lowest BCUT2D eigenvalue weighted by Gasteiger charge is -2.25. The maximum Gasteiger partial charge on any atom is 0.238 e. The summed E-state index contributed by atoms with van der Waals surface area (Å²) in [5.74, 6) is 0.489. The summed E-state index contributed by atoms with van der Waals surface area (Å²) < 4.78 is 23.1. The maximum atomic E-state index is 11.5. The van der Waals surface area contributed by atoms with Crippen LogP contribution in [0.15, 0.2) is 35.7 Å². The minimum atomic E-state index is -3.61. The summed E-state index contributed by atoms with van der Waals surface area (Å²) in [5.41, 5.74) is 2.03. The van der Waals surface area contributed by atoms with E-state index in [-0.39, 0.29) is 0 Å². The van der Waals surface area contributed by atoms with Crippen LogP contribution in [0.4, 0.5) is 0 Å². The zero-order valence-corrected chi connectivity index (χ0v) is 10.5. The molecule has 1 aromatic carbocycles. The lowest BCUT2D eigenvalue weighted by molar-refractivity contribution is 0.458. The molecule has 2 N–H and O–H groups in total. The lowest BCUT2D eigenvalue weighted by Crippen LogP contribution is -2.20. The molecular formula is C13H17NO2S. The average molecular weight is 251 g/mol. The molecule has 1 unspecified atom stereocenters. The van der Waals surface area contributed by atoms with Gasteiger partial charge in [0.25, 0.3) is 0 Å². The summed E-state index contributed by atoms with van der Waals surface area (Å²) >= 11 is 0. The van der Waals surface area contributed by atoms with Crippen molar-refractivity contribution in [3.8, 4) is 0 Å². The molecule has 1 aliphatic rings. The number of hydrogen-bond acceptors (Lipinski definition) is 2. The van der Waals surface area contributed by atoms with Crippen LogP contribution in [0.25, 0.3) is 0 Å². The van der Waals surface area contributed by atoms with Gasteiger partial charge in [-0.15, -0.1) is 6.58 Å². The number of primary sulfonamides is 1. The molecule has 92 valence electrons. The van der Waals surface area contributed by atoms with Crippen LogP contribution in [-0.4, -0.2) is 8.42 Å². The zero-order chi connectivity index (χ0) is 12.5. The van der Waals surface area contributed by atoms with Crippen LogP contribution in [0.3, 0.4) is 0 Å². The monoisotopic (exact) mass is 251 g/mol. The van der Waals surface area contributed by atoms with Crippen LogP contribution in [0.2, 0.25) is 0 Å². The number of hydrogen-bond donors (Lipinski definition) is 1. The molecule has 4 heteroatoms. The Kier molecular flexibility index (Phi) is 3.35. The summed E-state index contributed by atoms with van der Waals surface area (Å²) in [6.45, 7) is 3.74. The van der Waals surface area contributed by atoms with Gasteiger partial charge in [0.1, 0.15) is 0 Å². The van der Waals surface area contributed by atoms with E-state index >= 15 is 0 Å². The highest BCUT2D eigenvalue weighted by atomic mass is 32.2. The normalized spacial score (nSPS) is 19.7. The Hall–Kier alpha value is -1.13. The van der Waals surface area contributed by atoms with E-state index in [0.29, 0.717) is 10.8 Å².